The van der Waals surface area contributed by atoms with Gasteiger partial charge < -0.3 is 5.32 Å². The Morgan fingerprint density at radius 2 is 1.61 bits per heavy atom. The van der Waals surface area contributed by atoms with Crippen LogP contribution in [0.5, 0.6) is 0 Å². The zero-order valence-corrected chi connectivity index (χ0v) is 9.96. The van der Waals surface area contributed by atoms with Gasteiger partial charge >= 0.3 is 0 Å². The fourth-order valence-corrected chi connectivity index (χ4v) is 1.77. The van der Waals surface area contributed by atoms with E-state index >= 15 is 0 Å². The maximum Gasteiger partial charge on any atom is 0.181 e. The lowest BCUT2D eigenvalue weighted by atomic mass is 10.3. The third-order valence-electron chi connectivity index (χ3n) is 2.39. The highest BCUT2D eigenvalue weighted by atomic mass is 35.5. The van der Waals surface area contributed by atoms with Gasteiger partial charge in [-0.2, -0.15) is 0 Å². The second kappa shape index (κ2) is 4.54. The molecule has 0 unspecified atom stereocenters. The van der Waals surface area contributed by atoms with Gasteiger partial charge in [-0.15, -0.1) is 10.2 Å². The Labute approximate surface area is 108 Å². The van der Waals surface area contributed by atoms with Crippen LogP contribution < -0.4 is 5.32 Å². The van der Waals surface area contributed by atoms with Crippen LogP contribution in [0, 0.1) is 0 Å². The maximum absolute atomic E-state index is 5.93. The molecule has 2 heterocycles. The molecule has 2 aromatic heterocycles. The van der Waals surface area contributed by atoms with E-state index < -0.39 is 0 Å². The average Bonchev–Trinajstić information content (AvgIpc) is 2.44. The molecular formula is C12H8ClN5. The Morgan fingerprint density at radius 3 is 2.39 bits per heavy atom. The first kappa shape index (κ1) is 10.9. The fraction of sp³-hybridized carbons (Fsp3) is 0. The predicted octanol–water partition coefficient (Wildman–Crippen LogP) is 2.82. The van der Waals surface area contributed by atoms with Crippen molar-refractivity contribution in [1.82, 2.24) is 20.2 Å². The Hall–Kier alpha value is -2.27. The number of benzene rings is 1. The number of fused-ring (bicyclic) bond motifs is 1. The fourth-order valence-electron chi connectivity index (χ4n) is 1.59. The van der Waals surface area contributed by atoms with Crippen molar-refractivity contribution in [2.75, 3.05) is 5.32 Å². The van der Waals surface area contributed by atoms with Crippen LogP contribution in [0.2, 0.25) is 5.15 Å². The monoisotopic (exact) mass is 257 g/mol. The average molecular weight is 258 g/mol. The molecule has 3 rings (SSSR count). The lowest BCUT2D eigenvalue weighted by Gasteiger charge is -2.06. The zero-order valence-electron chi connectivity index (χ0n) is 9.21. The lowest BCUT2D eigenvalue weighted by molar-refractivity contribution is 1.04. The number of halogens is 1. The largest absolute Gasteiger partial charge is 0.337 e. The standard InChI is InChI=1S/C12H8ClN5/c13-11-9-10(15-7-6-14-9)12(18-17-11)16-8-4-2-1-3-5-8/h1-7H,(H,16,18). The molecule has 18 heavy (non-hydrogen) atoms. The Kier molecular flexibility index (Phi) is 2.74. The van der Waals surface area contributed by atoms with Crippen molar-refractivity contribution in [1.29, 1.82) is 0 Å². The molecule has 0 saturated carbocycles. The number of rotatable bonds is 2. The smallest absolute Gasteiger partial charge is 0.181 e. The predicted molar refractivity (Wildman–Crippen MR) is 69.9 cm³/mol. The van der Waals surface area contributed by atoms with Gasteiger partial charge in [-0.1, -0.05) is 29.8 Å². The number of para-hydroxylation sites is 1. The molecule has 0 atom stereocenters. The van der Waals surface area contributed by atoms with E-state index in [-0.39, 0.29) is 5.15 Å². The normalized spacial score (nSPS) is 10.5. The molecule has 6 heteroatoms. The van der Waals surface area contributed by atoms with Gasteiger partial charge in [0.25, 0.3) is 0 Å². The highest BCUT2D eigenvalue weighted by Crippen LogP contribution is 2.24. The number of nitrogens with one attached hydrogen (secondary N) is 1. The van der Waals surface area contributed by atoms with Gasteiger partial charge in [0, 0.05) is 18.1 Å². The Balaban J connectivity index is 2.10. The van der Waals surface area contributed by atoms with E-state index in [1.807, 2.05) is 30.3 Å². The van der Waals surface area contributed by atoms with Gasteiger partial charge in [0.05, 0.1) is 0 Å². The molecule has 0 aliphatic rings. The first-order chi connectivity index (χ1) is 8.84. The number of hydrogen-bond donors (Lipinski definition) is 1. The number of hydrogen-bond acceptors (Lipinski definition) is 5. The summed E-state index contributed by atoms with van der Waals surface area (Å²) in [5, 5.41) is 11.2. The second-order valence-electron chi connectivity index (χ2n) is 3.58. The molecule has 3 aromatic rings. The molecule has 0 radical (unpaired) electrons. The van der Waals surface area contributed by atoms with E-state index in [1.165, 1.54) is 0 Å². The van der Waals surface area contributed by atoms with E-state index in [0.717, 1.165) is 5.69 Å². The molecule has 1 aromatic carbocycles. The van der Waals surface area contributed by atoms with Gasteiger partial charge in [0.15, 0.2) is 11.0 Å². The molecule has 0 amide bonds. The van der Waals surface area contributed by atoms with Crippen molar-refractivity contribution >= 4 is 34.1 Å². The quantitative estimate of drug-likeness (QED) is 0.765. The molecule has 0 saturated heterocycles. The summed E-state index contributed by atoms with van der Waals surface area (Å²) in [6.07, 6.45) is 3.17. The van der Waals surface area contributed by atoms with Gasteiger partial charge in [-0.3, -0.25) is 0 Å². The Bertz CT molecular complexity index is 686. The first-order valence-corrected chi connectivity index (χ1v) is 5.67. The maximum atomic E-state index is 5.93. The van der Waals surface area contributed by atoms with E-state index in [0.29, 0.717) is 16.9 Å². The SMILES string of the molecule is Clc1nnc(Nc2ccccc2)c2nccnc12. The van der Waals surface area contributed by atoms with Gasteiger partial charge in [-0.25, -0.2) is 9.97 Å². The van der Waals surface area contributed by atoms with E-state index in [4.69, 9.17) is 11.6 Å². The van der Waals surface area contributed by atoms with E-state index in [9.17, 15) is 0 Å². The minimum absolute atomic E-state index is 0.247. The zero-order chi connectivity index (χ0) is 12.4. The van der Waals surface area contributed by atoms with E-state index in [2.05, 4.69) is 25.5 Å². The summed E-state index contributed by atoms with van der Waals surface area (Å²) in [6, 6.07) is 9.66. The summed E-state index contributed by atoms with van der Waals surface area (Å²) in [6.45, 7) is 0. The van der Waals surface area contributed by atoms with Crippen molar-refractivity contribution in [2.45, 2.75) is 0 Å². The first-order valence-electron chi connectivity index (χ1n) is 5.29. The molecule has 0 aliphatic carbocycles. The minimum Gasteiger partial charge on any atom is -0.337 e. The Morgan fingerprint density at radius 1 is 0.889 bits per heavy atom. The third-order valence-corrected chi connectivity index (χ3v) is 2.65. The second-order valence-corrected chi connectivity index (χ2v) is 3.94. The topological polar surface area (TPSA) is 63.6 Å². The summed E-state index contributed by atoms with van der Waals surface area (Å²) in [4.78, 5) is 8.37. The van der Waals surface area contributed by atoms with Crippen molar-refractivity contribution in [3.8, 4) is 0 Å². The van der Waals surface area contributed by atoms with Gasteiger partial charge in [0.1, 0.15) is 11.0 Å². The van der Waals surface area contributed by atoms with Crippen LogP contribution in [0.1, 0.15) is 0 Å². The third kappa shape index (κ3) is 1.96. The highest BCUT2D eigenvalue weighted by molar-refractivity contribution is 6.33. The van der Waals surface area contributed by atoms with Crippen LogP contribution in [0.4, 0.5) is 11.5 Å². The summed E-state index contributed by atoms with van der Waals surface area (Å²) in [5.41, 5.74) is 2.04. The van der Waals surface area contributed by atoms with Crippen LogP contribution in [0.15, 0.2) is 42.7 Å². The number of nitrogens with zero attached hydrogens (tertiary/aromatic N) is 4. The van der Waals surface area contributed by atoms with Crippen LogP contribution in [-0.2, 0) is 0 Å². The highest BCUT2D eigenvalue weighted by Gasteiger charge is 2.09. The molecule has 1 N–H and O–H groups in total. The molecule has 0 aliphatic heterocycles. The van der Waals surface area contributed by atoms with Crippen LogP contribution >= 0.6 is 11.6 Å². The molecule has 0 bridgehead atoms. The lowest BCUT2D eigenvalue weighted by Crippen LogP contribution is -1.99. The molecule has 88 valence electrons. The summed E-state index contributed by atoms with van der Waals surface area (Å²) < 4.78 is 0. The summed E-state index contributed by atoms with van der Waals surface area (Å²) >= 11 is 5.93. The van der Waals surface area contributed by atoms with Crippen molar-refractivity contribution in [3.05, 3.63) is 47.9 Å². The van der Waals surface area contributed by atoms with Crippen LogP contribution in [-0.4, -0.2) is 20.2 Å². The minimum atomic E-state index is 0.247. The summed E-state index contributed by atoms with van der Waals surface area (Å²) in [5.74, 6) is 0.536. The van der Waals surface area contributed by atoms with Crippen LogP contribution in [0.3, 0.4) is 0 Å². The summed E-state index contributed by atoms with van der Waals surface area (Å²) in [7, 11) is 0. The molecule has 0 fully saturated rings. The number of aromatic nitrogens is 4. The van der Waals surface area contributed by atoms with Crippen LogP contribution in [0.25, 0.3) is 11.0 Å². The van der Waals surface area contributed by atoms with Crippen molar-refractivity contribution in [2.24, 2.45) is 0 Å². The van der Waals surface area contributed by atoms with E-state index in [1.54, 1.807) is 12.4 Å². The number of anilines is 2. The van der Waals surface area contributed by atoms with Crippen molar-refractivity contribution < 1.29 is 0 Å². The molecule has 0 spiro atoms. The van der Waals surface area contributed by atoms with Crippen molar-refractivity contribution in [3.63, 3.8) is 0 Å². The molecular weight excluding hydrogens is 250 g/mol. The molecule has 5 nitrogen and oxygen atoms in total. The van der Waals surface area contributed by atoms with Gasteiger partial charge in [0.2, 0.25) is 0 Å². The van der Waals surface area contributed by atoms with Gasteiger partial charge in [-0.05, 0) is 12.1 Å².